The number of benzene rings is 2. The quantitative estimate of drug-likeness (QED) is 0.477. The molecule has 0 heterocycles. The number of nitro groups is 1. The van der Waals surface area contributed by atoms with Crippen LogP contribution in [0.2, 0.25) is 10.0 Å². The summed E-state index contributed by atoms with van der Waals surface area (Å²) in [5.41, 5.74) is 3.03. The van der Waals surface area contributed by atoms with Gasteiger partial charge in [-0.3, -0.25) is 15.5 Å². The Labute approximate surface area is 141 Å². The SMILES string of the molecule is Cl.O=[N+]([O-])c1cc(Cl)cc(C=NNc2ccc(Cl)cc2)c1O. The van der Waals surface area contributed by atoms with Gasteiger partial charge in [-0.2, -0.15) is 5.10 Å². The Kier molecular flexibility index (Phi) is 6.42. The first kappa shape index (κ1) is 18.0. The van der Waals surface area contributed by atoms with Crippen molar-refractivity contribution in [3.05, 3.63) is 62.1 Å². The van der Waals surface area contributed by atoms with Gasteiger partial charge in [0.05, 0.1) is 16.8 Å². The van der Waals surface area contributed by atoms with Crippen molar-refractivity contribution in [1.29, 1.82) is 0 Å². The molecule has 0 radical (unpaired) electrons. The highest BCUT2D eigenvalue weighted by molar-refractivity contribution is 6.31. The van der Waals surface area contributed by atoms with Gasteiger partial charge in [0.1, 0.15) is 0 Å². The molecule has 6 nitrogen and oxygen atoms in total. The van der Waals surface area contributed by atoms with Crippen LogP contribution in [-0.2, 0) is 0 Å². The number of anilines is 1. The van der Waals surface area contributed by atoms with Crippen LogP contribution in [0.4, 0.5) is 11.4 Å². The van der Waals surface area contributed by atoms with E-state index in [4.69, 9.17) is 23.2 Å². The predicted molar refractivity (Wildman–Crippen MR) is 89.7 cm³/mol. The normalized spacial score (nSPS) is 10.3. The molecule has 0 aromatic heterocycles. The van der Waals surface area contributed by atoms with E-state index in [1.54, 1.807) is 24.3 Å². The number of nitro benzene ring substituents is 1. The summed E-state index contributed by atoms with van der Waals surface area (Å²) < 4.78 is 0. The molecule has 0 fully saturated rings. The number of nitrogens with one attached hydrogen (secondary N) is 1. The molecule has 0 atom stereocenters. The van der Waals surface area contributed by atoms with Crippen molar-refractivity contribution in [1.82, 2.24) is 0 Å². The number of aromatic hydroxyl groups is 1. The van der Waals surface area contributed by atoms with Crippen molar-refractivity contribution in [3.8, 4) is 5.75 Å². The second-order valence-corrected chi connectivity index (χ2v) is 4.87. The molecule has 9 heteroatoms. The number of hydrogen-bond donors (Lipinski definition) is 2. The van der Waals surface area contributed by atoms with Gasteiger partial charge in [-0.15, -0.1) is 12.4 Å². The topological polar surface area (TPSA) is 87.8 Å². The van der Waals surface area contributed by atoms with Crippen LogP contribution >= 0.6 is 35.6 Å². The Balaban J connectivity index is 0.00000242. The van der Waals surface area contributed by atoms with Crippen molar-refractivity contribution in [2.45, 2.75) is 0 Å². The Morgan fingerprint density at radius 1 is 1.18 bits per heavy atom. The average molecular weight is 363 g/mol. The van der Waals surface area contributed by atoms with E-state index >= 15 is 0 Å². The minimum absolute atomic E-state index is 0. The summed E-state index contributed by atoms with van der Waals surface area (Å²) in [6.45, 7) is 0. The van der Waals surface area contributed by atoms with Gasteiger partial charge in [0, 0.05) is 21.7 Å². The molecule has 2 rings (SSSR count). The van der Waals surface area contributed by atoms with Crippen LogP contribution < -0.4 is 5.43 Å². The molecular formula is C13H10Cl3N3O3. The number of phenols is 1. The van der Waals surface area contributed by atoms with Gasteiger partial charge in [0.2, 0.25) is 5.75 Å². The van der Waals surface area contributed by atoms with E-state index in [0.717, 1.165) is 6.07 Å². The molecular weight excluding hydrogens is 353 g/mol. The van der Waals surface area contributed by atoms with E-state index in [0.29, 0.717) is 10.7 Å². The highest BCUT2D eigenvalue weighted by atomic mass is 35.5. The minimum atomic E-state index is -0.717. The summed E-state index contributed by atoms with van der Waals surface area (Å²) in [5, 5.41) is 25.2. The zero-order chi connectivity index (χ0) is 15.4. The highest BCUT2D eigenvalue weighted by Gasteiger charge is 2.17. The Hall–Kier alpha value is -2.02. The predicted octanol–water partition coefficient (Wildman–Crippen LogP) is 4.48. The first-order chi connectivity index (χ1) is 9.97. The standard InChI is InChI=1S/C13H9Cl2N3O3.ClH/c14-9-1-3-11(4-2-9)17-16-7-8-5-10(15)6-12(13(8)19)18(20)21;/h1-7,17,19H;1H. The maximum absolute atomic E-state index is 10.8. The summed E-state index contributed by atoms with van der Waals surface area (Å²) in [5.74, 6) is -0.494. The molecule has 0 saturated heterocycles. The fourth-order valence-electron chi connectivity index (χ4n) is 1.54. The average Bonchev–Trinajstić information content (AvgIpc) is 2.44. The van der Waals surface area contributed by atoms with Gasteiger partial charge in [-0.1, -0.05) is 23.2 Å². The van der Waals surface area contributed by atoms with Crippen LogP contribution in [-0.4, -0.2) is 16.2 Å². The monoisotopic (exact) mass is 361 g/mol. The van der Waals surface area contributed by atoms with Crippen LogP contribution in [0.5, 0.6) is 5.75 Å². The second kappa shape index (κ2) is 7.84. The lowest BCUT2D eigenvalue weighted by Crippen LogP contribution is -1.94. The van der Waals surface area contributed by atoms with Gasteiger partial charge in [0.15, 0.2) is 0 Å². The van der Waals surface area contributed by atoms with E-state index in [-0.39, 0.29) is 23.0 Å². The molecule has 2 N–H and O–H groups in total. The van der Waals surface area contributed by atoms with Gasteiger partial charge < -0.3 is 5.11 Å². The van der Waals surface area contributed by atoms with Crippen LogP contribution in [0.15, 0.2) is 41.5 Å². The van der Waals surface area contributed by atoms with Gasteiger partial charge in [-0.05, 0) is 30.3 Å². The van der Waals surface area contributed by atoms with Crippen LogP contribution in [0.3, 0.4) is 0 Å². The molecule has 0 aliphatic heterocycles. The smallest absolute Gasteiger partial charge is 0.312 e. The summed E-state index contributed by atoms with van der Waals surface area (Å²) in [7, 11) is 0. The molecule has 22 heavy (non-hydrogen) atoms. The van der Waals surface area contributed by atoms with E-state index in [2.05, 4.69) is 10.5 Å². The molecule has 0 unspecified atom stereocenters. The Bertz CT molecular complexity index is 706. The van der Waals surface area contributed by atoms with Crippen LogP contribution in [0, 0.1) is 10.1 Å². The van der Waals surface area contributed by atoms with Gasteiger partial charge in [0.25, 0.3) is 0 Å². The Morgan fingerprint density at radius 3 is 2.41 bits per heavy atom. The first-order valence-electron chi connectivity index (χ1n) is 5.69. The fraction of sp³-hybridized carbons (Fsp3) is 0. The summed E-state index contributed by atoms with van der Waals surface area (Å²) in [6.07, 6.45) is 1.24. The third-order valence-electron chi connectivity index (χ3n) is 2.52. The summed E-state index contributed by atoms with van der Waals surface area (Å²) in [4.78, 5) is 10.1. The third kappa shape index (κ3) is 4.49. The van der Waals surface area contributed by atoms with E-state index in [1.807, 2.05) is 0 Å². The van der Waals surface area contributed by atoms with E-state index in [1.165, 1.54) is 12.3 Å². The second-order valence-electron chi connectivity index (χ2n) is 4.00. The lowest BCUT2D eigenvalue weighted by atomic mass is 10.2. The largest absolute Gasteiger partial charge is 0.502 e. The van der Waals surface area contributed by atoms with Gasteiger partial charge in [-0.25, -0.2) is 0 Å². The number of nitrogens with zero attached hydrogens (tertiary/aromatic N) is 2. The lowest BCUT2D eigenvalue weighted by molar-refractivity contribution is -0.385. The number of halogens is 3. The van der Waals surface area contributed by atoms with E-state index in [9.17, 15) is 15.2 Å². The molecule has 0 bridgehead atoms. The van der Waals surface area contributed by atoms with Crippen molar-refractivity contribution in [2.75, 3.05) is 5.43 Å². The van der Waals surface area contributed by atoms with E-state index < -0.39 is 16.4 Å². The lowest BCUT2D eigenvalue weighted by Gasteiger charge is -2.02. The number of rotatable bonds is 4. The molecule has 2 aromatic rings. The first-order valence-corrected chi connectivity index (χ1v) is 6.44. The van der Waals surface area contributed by atoms with Crippen molar-refractivity contribution < 1.29 is 10.0 Å². The van der Waals surface area contributed by atoms with Crippen molar-refractivity contribution in [2.24, 2.45) is 5.10 Å². The maximum atomic E-state index is 10.8. The number of hydrazone groups is 1. The zero-order valence-electron chi connectivity index (χ0n) is 10.9. The summed E-state index contributed by atoms with van der Waals surface area (Å²) in [6, 6.07) is 9.22. The summed E-state index contributed by atoms with van der Waals surface area (Å²) >= 11 is 11.5. The van der Waals surface area contributed by atoms with Crippen LogP contribution in [0.1, 0.15) is 5.56 Å². The fourth-order valence-corrected chi connectivity index (χ4v) is 1.89. The molecule has 0 aliphatic carbocycles. The molecule has 0 aliphatic rings. The molecule has 0 amide bonds. The third-order valence-corrected chi connectivity index (χ3v) is 2.99. The van der Waals surface area contributed by atoms with Crippen molar-refractivity contribution >= 4 is 53.2 Å². The number of hydrogen-bond acceptors (Lipinski definition) is 5. The molecule has 116 valence electrons. The zero-order valence-corrected chi connectivity index (χ0v) is 13.2. The maximum Gasteiger partial charge on any atom is 0.312 e. The molecule has 0 saturated carbocycles. The number of phenolic OH excluding ortho intramolecular Hbond substituents is 1. The molecule has 0 spiro atoms. The van der Waals surface area contributed by atoms with Crippen molar-refractivity contribution in [3.63, 3.8) is 0 Å². The Morgan fingerprint density at radius 2 is 1.82 bits per heavy atom. The van der Waals surface area contributed by atoms with Gasteiger partial charge >= 0.3 is 5.69 Å². The minimum Gasteiger partial charge on any atom is -0.502 e. The highest BCUT2D eigenvalue weighted by Crippen LogP contribution is 2.32. The van der Waals surface area contributed by atoms with Crippen LogP contribution in [0.25, 0.3) is 0 Å². The molecule has 2 aromatic carbocycles.